The number of rotatable bonds is 3. The monoisotopic (exact) mass is 296 g/mol. The molecule has 2 nitrogen and oxygen atoms in total. The highest BCUT2D eigenvalue weighted by molar-refractivity contribution is 7.80. The van der Waals surface area contributed by atoms with Gasteiger partial charge in [0.1, 0.15) is 0 Å². The zero-order valence-electron chi connectivity index (χ0n) is 11.3. The predicted octanol–water partition coefficient (Wildman–Crippen LogP) is 4.52. The quantitative estimate of drug-likeness (QED) is 0.802. The van der Waals surface area contributed by atoms with Crippen molar-refractivity contribution in [3.8, 4) is 0 Å². The summed E-state index contributed by atoms with van der Waals surface area (Å²) >= 11 is 11.4. The molecule has 0 aromatic heterocycles. The van der Waals surface area contributed by atoms with E-state index in [1.165, 1.54) is 32.1 Å². The molecule has 2 N–H and O–H groups in total. The Bertz CT molecular complexity index is 442. The normalized spacial score (nSPS) is 16.1. The third kappa shape index (κ3) is 4.36. The maximum Gasteiger partial charge on any atom is 0.170 e. The van der Waals surface area contributed by atoms with Crippen molar-refractivity contribution < 1.29 is 0 Å². The number of halogens is 1. The number of benzene rings is 1. The maximum atomic E-state index is 6.09. The first kappa shape index (κ1) is 14.6. The summed E-state index contributed by atoms with van der Waals surface area (Å²) in [7, 11) is 0. The predicted molar refractivity (Wildman–Crippen MR) is 87.0 cm³/mol. The van der Waals surface area contributed by atoms with E-state index < -0.39 is 0 Å². The van der Waals surface area contributed by atoms with E-state index in [0.29, 0.717) is 5.11 Å². The zero-order chi connectivity index (χ0) is 13.7. The summed E-state index contributed by atoms with van der Waals surface area (Å²) in [6.45, 7) is 2.97. The fraction of sp³-hybridized carbons (Fsp3) is 0.533. The van der Waals surface area contributed by atoms with Gasteiger partial charge in [-0.2, -0.15) is 0 Å². The van der Waals surface area contributed by atoms with Crippen molar-refractivity contribution in [2.75, 3.05) is 11.9 Å². The van der Waals surface area contributed by atoms with Crippen molar-refractivity contribution in [2.24, 2.45) is 5.92 Å². The first-order chi connectivity index (χ1) is 9.16. The average molecular weight is 297 g/mol. The van der Waals surface area contributed by atoms with Crippen LogP contribution in [0.3, 0.4) is 0 Å². The van der Waals surface area contributed by atoms with Gasteiger partial charge >= 0.3 is 0 Å². The summed E-state index contributed by atoms with van der Waals surface area (Å²) in [6, 6.07) is 5.82. The summed E-state index contributed by atoms with van der Waals surface area (Å²) in [6.07, 6.45) is 6.76. The highest BCUT2D eigenvalue weighted by atomic mass is 35.5. The van der Waals surface area contributed by atoms with Crippen molar-refractivity contribution in [3.63, 3.8) is 0 Å². The van der Waals surface area contributed by atoms with E-state index in [1.54, 1.807) is 0 Å². The van der Waals surface area contributed by atoms with Crippen LogP contribution >= 0.6 is 23.8 Å². The number of thiocarbonyl (C=S) groups is 1. The van der Waals surface area contributed by atoms with Gasteiger partial charge in [-0.25, -0.2) is 0 Å². The molecule has 1 aliphatic rings. The molecule has 1 saturated carbocycles. The second-order valence-electron chi connectivity index (χ2n) is 5.25. The molecule has 0 bridgehead atoms. The number of nitrogens with one attached hydrogen (secondary N) is 2. The summed E-state index contributed by atoms with van der Waals surface area (Å²) < 4.78 is 0. The summed E-state index contributed by atoms with van der Waals surface area (Å²) in [4.78, 5) is 0. The lowest BCUT2D eigenvalue weighted by molar-refractivity contribution is 0.357. The van der Waals surface area contributed by atoms with Crippen LogP contribution in [0.5, 0.6) is 0 Å². The average Bonchev–Trinajstić information content (AvgIpc) is 2.43. The van der Waals surface area contributed by atoms with Crippen LogP contribution in [0.2, 0.25) is 5.02 Å². The van der Waals surface area contributed by atoms with Crippen molar-refractivity contribution in [2.45, 2.75) is 39.0 Å². The molecular weight excluding hydrogens is 276 g/mol. The molecule has 4 heteroatoms. The molecule has 0 saturated heterocycles. The van der Waals surface area contributed by atoms with E-state index in [9.17, 15) is 0 Å². The van der Waals surface area contributed by atoms with Crippen LogP contribution in [0.25, 0.3) is 0 Å². The lowest BCUT2D eigenvalue weighted by atomic mass is 9.89. The summed E-state index contributed by atoms with van der Waals surface area (Å²) in [5.41, 5.74) is 2.01. The molecular formula is C15H21ClN2S. The number of hydrogen-bond donors (Lipinski definition) is 2. The molecule has 19 heavy (non-hydrogen) atoms. The van der Waals surface area contributed by atoms with Gasteiger partial charge in [0.05, 0.1) is 0 Å². The molecule has 2 rings (SSSR count). The summed E-state index contributed by atoms with van der Waals surface area (Å²) in [5.74, 6) is 0.772. The molecule has 1 aliphatic carbocycles. The van der Waals surface area contributed by atoms with Crippen molar-refractivity contribution in [3.05, 3.63) is 28.8 Å². The Balaban J connectivity index is 1.82. The van der Waals surface area contributed by atoms with Crippen molar-refractivity contribution in [1.82, 2.24) is 5.32 Å². The van der Waals surface area contributed by atoms with Crippen LogP contribution in [-0.2, 0) is 0 Å². The second-order valence-corrected chi connectivity index (χ2v) is 6.07. The molecule has 1 aromatic rings. The fourth-order valence-electron chi connectivity index (χ4n) is 2.54. The third-order valence-corrected chi connectivity index (χ3v) is 4.45. The van der Waals surface area contributed by atoms with Crippen molar-refractivity contribution >= 4 is 34.6 Å². The minimum Gasteiger partial charge on any atom is -0.362 e. The first-order valence-corrected chi connectivity index (χ1v) is 7.75. The number of hydrogen-bond acceptors (Lipinski definition) is 1. The van der Waals surface area contributed by atoms with Gasteiger partial charge in [-0.3, -0.25) is 0 Å². The Morgan fingerprint density at radius 1 is 1.32 bits per heavy atom. The molecule has 1 fully saturated rings. The molecule has 104 valence electrons. The van der Waals surface area contributed by atoms with Gasteiger partial charge in [0.25, 0.3) is 0 Å². The molecule has 1 aromatic carbocycles. The fourth-order valence-corrected chi connectivity index (χ4v) is 2.91. The van der Waals surface area contributed by atoms with E-state index in [1.807, 2.05) is 25.1 Å². The highest BCUT2D eigenvalue weighted by Gasteiger charge is 2.13. The molecule has 0 radical (unpaired) electrons. The van der Waals surface area contributed by atoms with Gasteiger partial charge in [0.2, 0.25) is 0 Å². The van der Waals surface area contributed by atoms with Crippen LogP contribution in [0, 0.1) is 12.8 Å². The largest absolute Gasteiger partial charge is 0.362 e. The van der Waals surface area contributed by atoms with E-state index in [-0.39, 0.29) is 0 Å². The van der Waals surface area contributed by atoms with Crippen LogP contribution < -0.4 is 10.6 Å². The Hall–Kier alpha value is -0.800. The van der Waals surface area contributed by atoms with Crippen LogP contribution in [0.1, 0.15) is 37.7 Å². The van der Waals surface area contributed by atoms with Crippen LogP contribution in [0.4, 0.5) is 5.69 Å². The van der Waals surface area contributed by atoms with Gasteiger partial charge in [-0.05, 0) is 55.6 Å². The standard InChI is InChI=1S/C15H21ClN2S/c1-11-13(16)8-5-9-14(11)18-15(19)17-10-12-6-3-2-4-7-12/h5,8-9,12H,2-4,6-7,10H2,1H3,(H2,17,18,19). The van der Waals surface area contributed by atoms with E-state index in [0.717, 1.165) is 28.7 Å². The Labute approximate surface area is 125 Å². The molecule has 0 spiro atoms. The highest BCUT2D eigenvalue weighted by Crippen LogP contribution is 2.24. The van der Waals surface area contributed by atoms with Gasteiger partial charge in [0.15, 0.2) is 5.11 Å². The molecule has 0 amide bonds. The Morgan fingerprint density at radius 2 is 2.05 bits per heavy atom. The topological polar surface area (TPSA) is 24.1 Å². The minimum absolute atomic E-state index is 0.691. The molecule has 0 unspecified atom stereocenters. The van der Waals surface area contributed by atoms with Gasteiger partial charge in [-0.1, -0.05) is 36.9 Å². The third-order valence-electron chi connectivity index (χ3n) is 3.79. The smallest absolute Gasteiger partial charge is 0.170 e. The van der Waals surface area contributed by atoms with Gasteiger partial charge < -0.3 is 10.6 Å². The molecule has 0 atom stereocenters. The lowest BCUT2D eigenvalue weighted by Crippen LogP contribution is -2.33. The van der Waals surface area contributed by atoms with E-state index >= 15 is 0 Å². The summed E-state index contributed by atoms with van der Waals surface area (Å²) in [5, 5.41) is 8.01. The Morgan fingerprint density at radius 3 is 2.79 bits per heavy atom. The number of anilines is 1. The van der Waals surface area contributed by atoms with Gasteiger partial charge in [-0.15, -0.1) is 0 Å². The van der Waals surface area contributed by atoms with Gasteiger partial charge in [0, 0.05) is 17.3 Å². The Kier molecular flexibility index (Phi) is 5.46. The first-order valence-electron chi connectivity index (χ1n) is 6.97. The van der Waals surface area contributed by atoms with Crippen LogP contribution in [-0.4, -0.2) is 11.7 Å². The second kappa shape index (κ2) is 7.11. The molecule has 0 aliphatic heterocycles. The minimum atomic E-state index is 0.691. The maximum absolute atomic E-state index is 6.09. The SMILES string of the molecule is Cc1c(Cl)cccc1NC(=S)NCC1CCCCC1. The lowest BCUT2D eigenvalue weighted by Gasteiger charge is -2.22. The molecule has 0 heterocycles. The zero-order valence-corrected chi connectivity index (χ0v) is 12.9. The van der Waals surface area contributed by atoms with Crippen LogP contribution in [0.15, 0.2) is 18.2 Å². The van der Waals surface area contributed by atoms with E-state index in [4.69, 9.17) is 23.8 Å². The van der Waals surface area contributed by atoms with Crippen molar-refractivity contribution in [1.29, 1.82) is 0 Å². The van der Waals surface area contributed by atoms with E-state index in [2.05, 4.69) is 10.6 Å².